The van der Waals surface area contributed by atoms with Crippen molar-refractivity contribution in [2.24, 2.45) is 11.0 Å². The smallest absolute Gasteiger partial charge is 0.225 e. The average molecular weight is 479 g/mol. The van der Waals surface area contributed by atoms with E-state index in [-0.39, 0.29) is 11.4 Å². The standard InChI is InChI=1S/C24H30N8OS/c1-28-13-15-29(16-14-28)22(33)19-7-11-30(12-8-19)24-27-32-17-21(26-23(32)34-24)18-3-5-20(6-4-18)31-10-2-9-25-31/h2-6,9-10,17,19,23,26H,7-8,11-16H2,1H3. The second-order valence-electron chi connectivity index (χ2n) is 9.31. The third-order valence-corrected chi connectivity index (χ3v) is 8.18. The van der Waals surface area contributed by atoms with Crippen molar-refractivity contribution in [2.45, 2.75) is 18.3 Å². The van der Waals surface area contributed by atoms with Gasteiger partial charge in [0.25, 0.3) is 0 Å². The fraction of sp³-hybridized carbons (Fsp3) is 0.458. The molecule has 2 saturated heterocycles. The number of carbonyl (C=O) groups is 1. The molecule has 6 rings (SSSR count). The first kappa shape index (κ1) is 21.5. The van der Waals surface area contributed by atoms with Crippen LogP contribution >= 0.6 is 11.8 Å². The zero-order chi connectivity index (χ0) is 23.1. The predicted octanol–water partition coefficient (Wildman–Crippen LogP) is 1.86. The summed E-state index contributed by atoms with van der Waals surface area (Å²) >= 11 is 1.75. The lowest BCUT2D eigenvalue weighted by molar-refractivity contribution is -0.138. The minimum atomic E-state index is 0.0838. The molecular formula is C24H30N8OS. The summed E-state index contributed by atoms with van der Waals surface area (Å²) in [5.74, 6) is 0.503. The van der Waals surface area contributed by atoms with Crippen LogP contribution in [0.1, 0.15) is 18.4 Å². The summed E-state index contributed by atoms with van der Waals surface area (Å²) in [5, 5.41) is 15.8. The number of fused-ring (bicyclic) bond motifs is 1. The number of thioether (sulfide) groups is 1. The first-order chi connectivity index (χ1) is 16.6. The number of likely N-dealkylation sites (N-methyl/N-ethyl adjacent to an activating group) is 1. The zero-order valence-corrected chi connectivity index (χ0v) is 20.2. The highest BCUT2D eigenvalue weighted by Crippen LogP contribution is 2.35. The molecule has 0 radical (unpaired) electrons. The number of nitrogens with one attached hydrogen (secondary N) is 1. The molecule has 1 aromatic carbocycles. The number of amidine groups is 1. The van der Waals surface area contributed by atoms with Crippen LogP contribution in [0.4, 0.5) is 0 Å². The first-order valence-electron chi connectivity index (χ1n) is 12.0. The van der Waals surface area contributed by atoms with Crippen molar-refractivity contribution >= 4 is 28.5 Å². The van der Waals surface area contributed by atoms with E-state index in [1.807, 2.05) is 22.0 Å². The van der Waals surface area contributed by atoms with Gasteiger partial charge in [-0.1, -0.05) is 12.1 Å². The van der Waals surface area contributed by atoms with Crippen molar-refractivity contribution in [3.8, 4) is 5.69 Å². The van der Waals surface area contributed by atoms with Gasteiger partial charge in [0, 0.05) is 57.6 Å². The molecule has 34 heavy (non-hydrogen) atoms. The monoisotopic (exact) mass is 478 g/mol. The van der Waals surface area contributed by atoms with Crippen LogP contribution in [-0.2, 0) is 4.79 Å². The Kier molecular flexibility index (Phi) is 5.70. The van der Waals surface area contributed by atoms with Gasteiger partial charge in [0.15, 0.2) is 10.7 Å². The van der Waals surface area contributed by atoms with Crippen molar-refractivity contribution < 1.29 is 4.79 Å². The number of rotatable bonds is 3. The van der Waals surface area contributed by atoms with Gasteiger partial charge >= 0.3 is 0 Å². The van der Waals surface area contributed by atoms with Gasteiger partial charge in [-0.05, 0) is 55.4 Å². The van der Waals surface area contributed by atoms with Crippen LogP contribution < -0.4 is 5.32 Å². The van der Waals surface area contributed by atoms with E-state index in [0.29, 0.717) is 5.91 Å². The minimum absolute atomic E-state index is 0.0838. The maximum Gasteiger partial charge on any atom is 0.225 e. The fourth-order valence-electron chi connectivity index (χ4n) is 4.94. The summed E-state index contributed by atoms with van der Waals surface area (Å²) in [6, 6.07) is 10.3. The van der Waals surface area contributed by atoms with E-state index in [9.17, 15) is 4.79 Å². The number of carbonyl (C=O) groups excluding carboxylic acids is 1. The Morgan fingerprint density at radius 2 is 1.82 bits per heavy atom. The molecule has 4 aliphatic rings. The minimum Gasteiger partial charge on any atom is -0.353 e. The van der Waals surface area contributed by atoms with Gasteiger partial charge in [-0.15, -0.1) is 5.10 Å². The molecular weight excluding hydrogens is 448 g/mol. The fourth-order valence-corrected chi connectivity index (χ4v) is 6.01. The van der Waals surface area contributed by atoms with Crippen LogP contribution in [0.25, 0.3) is 11.4 Å². The van der Waals surface area contributed by atoms with Crippen LogP contribution in [0.5, 0.6) is 0 Å². The SMILES string of the molecule is CN1CCN(C(=O)C2CCN(C3=NN4C=C(c5ccc(-n6cccn6)cc5)NC4S3)CC2)CC1. The van der Waals surface area contributed by atoms with Gasteiger partial charge in [-0.25, -0.2) is 9.69 Å². The number of nitrogens with zero attached hydrogens (tertiary/aromatic N) is 7. The van der Waals surface area contributed by atoms with E-state index >= 15 is 0 Å². The van der Waals surface area contributed by atoms with E-state index in [2.05, 4.69) is 62.6 Å². The van der Waals surface area contributed by atoms with Gasteiger partial charge in [-0.3, -0.25) is 4.79 Å². The molecule has 0 saturated carbocycles. The molecule has 1 atom stereocenters. The van der Waals surface area contributed by atoms with Crippen LogP contribution in [-0.4, -0.2) is 92.4 Å². The van der Waals surface area contributed by atoms with Crippen molar-refractivity contribution in [1.82, 2.24) is 34.8 Å². The second-order valence-corrected chi connectivity index (χ2v) is 10.4. The molecule has 1 aromatic heterocycles. The van der Waals surface area contributed by atoms with Gasteiger partial charge in [0.05, 0.1) is 17.6 Å². The molecule has 4 aliphatic heterocycles. The number of benzene rings is 1. The number of aromatic nitrogens is 2. The van der Waals surface area contributed by atoms with Crippen molar-refractivity contribution in [3.63, 3.8) is 0 Å². The molecule has 10 heteroatoms. The molecule has 5 heterocycles. The topological polar surface area (TPSA) is 72.2 Å². The summed E-state index contributed by atoms with van der Waals surface area (Å²) in [7, 11) is 2.12. The lowest BCUT2D eigenvalue weighted by Crippen LogP contribution is -2.50. The van der Waals surface area contributed by atoms with Crippen molar-refractivity contribution in [3.05, 3.63) is 54.5 Å². The number of hydrogen-bond donors (Lipinski definition) is 1. The number of piperazine rings is 1. The Morgan fingerprint density at radius 1 is 1.06 bits per heavy atom. The summed E-state index contributed by atoms with van der Waals surface area (Å²) < 4.78 is 1.85. The van der Waals surface area contributed by atoms with Gasteiger partial charge < -0.3 is 20.0 Å². The van der Waals surface area contributed by atoms with Crippen molar-refractivity contribution in [2.75, 3.05) is 46.3 Å². The number of hydrogen-bond acceptors (Lipinski definition) is 8. The first-order valence-corrected chi connectivity index (χ1v) is 12.9. The lowest BCUT2D eigenvalue weighted by atomic mass is 9.95. The van der Waals surface area contributed by atoms with Crippen LogP contribution in [0, 0.1) is 5.92 Å². The number of likely N-dealkylation sites (tertiary alicyclic amines) is 1. The normalized spacial score (nSPS) is 23.6. The Labute approximate surface area is 204 Å². The Balaban J connectivity index is 1.05. The Morgan fingerprint density at radius 3 is 2.50 bits per heavy atom. The van der Waals surface area contributed by atoms with Gasteiger partial charge in [0.2, 0.25) is 5.91 Å². The highest BCUT2D eigenvalue weighted by Gasteiger charge is 2.37. The Hall–Kier alpha value is -2.98. The highest BCUT2D eigenvalue weighted by atomic mass is 32.2. The average Bonchev–Trinajstić information content (AvgIpc) is 3.62. The molecule has 178 valence electrons. The summed E-state index contributed by atoms with van der Waals surface area (Å²) in [5.41, 5.74) is 3.33. The lowest BCUT2D eigenvalue weighted by Gasteiger charge is -2.37. The number of hydrazone groups is 1. The van der Waals surface area contributed by atoms with E-state index < -0.39 is 0 Å². The van der Waals surface area contributed by atoms with E-state index in [1.54, 1.807) is 18.0 Å². The van der Waals surface area contributed by atoms with E-state index in [0.717, 1.165) is 74.2 Å². The predicted molar refractivity (Wildman–Crippen MR) is 134 cm³/mol. The van der Waals surface area contributed by atoms with Crippen LogP contribution in [0.2, 0.25) is 0 Å². The molecule has 2 fully saturated rings. The molecule has 1 amide bonds. The Bertz CT molecular complexity index is 1080. The molecule has 1 unspecified atom stereocenters. The molecule has 0 bridgehead atoms. The second kappa shape index (κ2) is 8.99. The molecule has 9 nitrogen and oxygen atoms in total. The molecule has 1 N–H and O–H groups in total. The number of amides is 1. The van der Waals surface area contributed by atoms with Crippen LogP contribution in [0.3, 0.4) is 0 Å². The van der Waals surface area contributed by atoms with Crippen molar-refractivity contribution in [1.29, 1.82) is 0 Å². The van der Waals surface area contributed by atoms with E-state index in [4.69, 9.17) is 5.10 Å². The summed E-state index contributed by atoms with van der Waals surface area (Å²) in [6.45, 7) is 5.46. The quantitative estimate of drug-likeness (QED) is 0.722. The molecule has 2 aromatic rings. The molecule has 0 aliphatic carbocycles. The largest absolute Gasteiger partial charge is 0.353 e. The third-order valence-electron chi connectivity index (χ3n) is 7.08. The maximum atomic E-state index is 12.9. The van der Waals surface area contributed by atoms with E-state index in [1.165, 1.54) is 0 Å². The summed E-state index contributed by atoms with van der Waals surface area (Å²) in [6.07, 6.45) is 7.62. The molecule has 0 spiro atoms. The van der Waals surface area contributed by atoms with Gasteiger partial charge in [-0.2, -0.15) is 5.10 Å². The van der Waals surface area contributed by atoms with Gasteiger partial charge in [0.1, 0.15) is 0 Å². The summed E-state index contributed by atoms with van der Waals surface area (Å²) in [4.78, 5) is 19.6. The van der Waals surface area contributed by atoms with Crippen LogP contribution in [0.15, 0.2) is 54.0 Å². The zero-order valence-electron chi connectivity index (χ0n) is 19.4. The number of piperidine rings is 1. The highest BCUT2D eigenvalue weighted by molar-refractivity contribution is 8.14. The third kappa shape index (κ3) is 4.16. The maximum absolute atomic E-state index is 12.9.